The molecule has 9 heteroatoms. The first-order valence-electron chi connectivity index (χ1n) is 12.0. The zero-order valence-electron chi connectivity index (χ0n) is 20.6. The van der Waals surface area contributed by atoms with E-state index in [9.17, 15) is 14.0 Å². The lowest BCUT2D eigenvalue weighted by atomic mass is 10.0. The molecule has 1 atom stereocenters. The summed E-state index contributed by atoms with van der Waals surface area (Å²) in [6, 6.07) is 18.7. The van der Waals surface area contributed by atoms with E-state index in [1.807, 2.05) is 24.3 Å². The van der Waals surface area contributed by atoms with Gasteiger partial charge in [0.15, 0.2) is 17.3 Å². The van der Waals surface area contributed by atoms with E-state index in [-0.39, 0.29) is 30.5 Å². The molecule has 5 rings (SSSR count). The molecule has 0 saturated heterocycles. The number of aryl methyl sites for hydroxylation is 1. The van der Waals surface area contributed by atoms with Gasteiger partial charge in [0.1, 0.15) is 5.82 Å². The van der Waals surface area contributed by atoms with Crippen LogP contribution in [0.1, 0.15) is 33.0 Å². The molecule has 8 nitrogen and oxygen atoms in total. The number of amides is 2. The summed E-state index contributed by atoms with van der Waals surface area (Å²) in [6.07, 6.45) is 0.957. The standard InChI is InChI=1S/C28H27FN4O4/c1-32(28(35)21-6-5-9-24-25(21)37-17-36-24)20(16-18-10-12-19(29)13-11-18)14-15-30-27(34)26-31-22-7-3-4-8-23(22)33(26)2/h3-13,20H,14-17H2,1-2H3,(H,30,34). The number of ether oxygens (including phenoxy) is 2. The van der Waals surface area contributed by atoms with Gasteiger partial charge in [0.05, 0.1) is 16.6 Å². The van der Waals surface area contributed by atoms with Gasteiger partial charge in [-0.05, 0) is 54.8 Å². The van der Waals surface area contributed by atoms with Gasteiger partial charge < -0.3 is 24.3 Å². The van der Waals surface area contributed by atoms with Gasteiger partial charge in [0, 0.05) is 26.7 Å². The van der Waals surface area contributed by atoms with Crippen LogP contribution in [0, 0.1) is 5.82 Å². The van der Waals surface area contributed by atoms with Crippen LogP contribution in [0.2, 0.25) is 0 Å². The molecule has 37 heavy (non-hydrogen) atoms. The zero-order chi connectivity index (χ0) is 25.9. The highest BCUT2D eigenvalue weighted by Crippen LogP contribution is 2.36. The molecule has 2 heterocycles. The molecule has 1 aromatic heterocycles. The molecule has 0 saturated carbocycles. The van der Waals surface area contributed by atoms with E-state index in [2.05, 4.69) is 10.3 Å². The van der Waals surface area contributed by atoms with Crippen molar-refractivity contribution in [1.29, 1.82) is 0 Å². The molecular weight excluding hydrogens is 475 g/mol. The molecule has 4 aromatic rings. The van der Waals surface area contributed by atoms with Crippen LogP contribution in [0.4, 0.5) is 4.39 Å². The summed E-state index contributed by atoms with van der Waals surface area (Å²) in [5, 5.41) is 2.94. The van der Waals surface area contributed by atoms with Crippen LogP contribution in [0.5, 0.6) is 11.5 Å². The first-order valence-corrected chi connectivity index (χ1v) is 12.0. The lowest BCUT2D eigenvalue weighted by molar-refractivity contribution is 0.0718. The third-order valence-corrected chi connectivity index (χ3v) is 6.63. The smallest absolute Gasteiger partial charge is 0.287 e. The minimum atomic E-state index is -0.323. The quantitative estimate of drug-likeness (QED) is 0.395. The molecule has 1 aliphatic heterocycles. The number of rotatable bonds is 8. The fraction of sp³-hybridized carbons (Fsp3) is 0.250. The normalized spacial score (nSPS) is 12.9. The summed E-state index contributed by atoms with van der Waals surface area (Å²) in [6.45, 7) is 0.384. The van der Waals surface area contributed by atoms with Gasteiger partial charge in [-0.3, -0.25) is 9.59 Å². The highest BCUT2D eigenvalue weighted by molar-refractivity contribution is 5.98. The monoisotopic (exact) mass is 502 g/mol. The van der Waals surface area contributed by atoms with Crippen LogP contribution >= 0.6 is 0 Å². The Morgan fingerprint density at radius 3 is 2.65 bits per heavy atom. The van der Waals surface area contributed by atoms with Gasteiger partial charge in [-0.15, -0.1) is 0 Å². The largest absolute Gasteiger partial charge is 0.454 e. The number of carbonyl (C=O) groups is 2. The van der Waals surface area contributed by atoms with Crippen molar-refractivity contribution < 1.29 is 23.5 Å². The molecule has 1 unspecified atom stereocenters. The fourth-order valence-electron chi connectivity index (χ4n) is 4.56. The van der Waals surface area contributed by atoms with Gasteiger partial charge in [-0.25, -0.2) is 9.37 Å². The van der Waals surface area contributed by atoms with Crippen molar-refractivity contribution in [2.24, 2.45) is 7.05 Å². The Balaban J connectivity index is 1.32. The molecule has 3 aromatic carbocycles. The Labute approximate surface area is 213 Å². The lowest BCUT2D eigenvalue weighted by Gasteiger charge is -2.29. The summed E-state index contributed by atoms with van der Waals surface area (Å²) >= 11 is 0. The number of aromatic nitrogens is 2. The highest BCUT2D eigenvalue weighted by Gasteiger charge is 2.28. The van der Waals surface area contributed by atoms with E-state index in [1.54, 1.807) is 53.9 Å². The maximum atomic E-state index is 13.5. The van der Waals surface area contributed by atoms with E-state index < -0.39 is 0 Å². The Kier molecular flexibility index (Phi) is 6.76. The first kappa shape index (κ1) is 24.3. The van der Waals surface area contributed by atoms with Crippen molar-refractivity contribution in [3.8, 4) is 11.5 Å². The molecule has 1 aliphatic rings. The van der Waals surface area contributed by atoms with Crippen molar-refractivity contribution in [3.63, 3.8) is 0 Å². The van der Waals surface area contributed by atoms with E-state index >= 15 is 0 Å². The molecular formula is C28H27FN4O4. The average Bonchev–Trinajstić information content (AvgIpc) is 3.53. The van der Waals surface area contributed by atoms with Crippen LogP contribution in [-0.4, -0.2) is 52.7 Å². The number of fused-ring (bicyclic) bond motifs is 2. The number of hydrogen-bond donors (Lipinski definition) is 1. The van der Waals surface area contributed by atoms with Crippen molar-refractivity contribution in [3.05, 3.63) is 89.5 Å². The van der Waals surface area contributed by atoms with Crippen LogP contribution in [-0.2, 0) is 13.5 Å². The van der Waals surface area contributed by atoms with Crippen molar-refractivity contribution in [1.82, 2.24) is 19.8 Å². The van der Waals surface area contributed by atoms with Crippen LogP contribution in [0.3, 0.4) is 0 Å². The maximum absolute atomic E-state index is 13.5. The van der Waals surface area contributed by atoms with Crippen LogP contribution in [0.15, 0.2) is 66.7 Å². The average molecular weight is 503 g/mol. The number of carbonyl (C=O) groups excluding carboxylic acids is 2. The zero-order valence-corrected chi connectivity index (χ0v) is 20.6. The van der Waals surface area contributed by atoms with E-state index in [0.29, 0.717) is 42.3 Å². The van der Waals surface area contributed by atoms with Gasteiger partial charge in [-0.2, -0.15) is 0 Å². The number of likely N-dealkylation sites (N-methyl/N-ethyl adjacent to an activating group) is 1. The Bertz CT molecular complexity index is 1450. The summed E-state index contributed by atoms with van der Waals surface area (Å²) in [5.74, 6) is 0.434. The number of benzene rings is 3. The highest BCUT2D eigenvalue weighted by atomic mass is 19.1. The number of hydrogen-bond acceptors (Lipinski definition) is 5. The predicted molar refractivity (Wildman–Crippen MR) is 136 cm³/mol. The summed E-state index contributed by atoms with van der Waals surface area (Å²) in [4.78, 5) is 32.5. The molecule has 0 aliphatic carbocycles. The number of para-hydroxylation sites is 3. The summed E-state index contributed by atoms with van der Waals surface area (Å²) < 4.78 is 26.2. The molecule has 0 bridgehead atoms. The molecule has 0 radical (unpaired) electrons. The Hall–Kier alpha value is -4.40. The Morgan fingerprint density at radius 1 is 1.08 bits per heavy atom. The van der Waals surface area contributed by atoms with Gasteiger partial charge in [-0.1, -0.05) is 30.3 Å². The van der Waals surface area contributed by atoms with Crippen LogP contribution in [0.25, 0.3) is 11.0 Å². The van der Waals surface area contributed by atoms with Crippen molar-refractivity contribution >= 4 is 22.8 Å². The van der Waals surface area contributed by atoms with Gasteiger partial charge in [0.2, 0.25) is 6.79 Å². The third kappa shape index (κ3) is 4.97. The topological polar surface area (TPSA) is 85.7 Å². The minimum absolute atomic E-state index is 0.0661. The first-order chi connectivity index (χ1) is 17.9. The molecule has 1 N–H and O–H groups in total. The molecule has 2 amide bonds. The minimum Gasteiger partial charge on any atom is -0.454 e. The lowest BCUT2D eigenvalue weighted by Crippen LogP contribution is -2.41. The van der Waals surface area contributed by atoms with Gasteiger partial charge in [0.25, 0.3) is 11.8 Å². The summed E-state index contributed by atoms with van der Waals surface area (Å²) in [7, 11) is 3.52. The molecule has 0 spiro atoms. The molecule has 190 valence electrons. The van der Waals surface area contributed by atoms with Crippen LogP contribution < -0.4 is 14.8 Å². The number of nitrogens with zero attached hydrogens (tertiary/aromatic N) is 3. The maximum Gasteiger partial charge on any atom is 0.287 e. The Morgan fingerprint density at radius 2 is 1.86 bits per heavy atom. The second kappa shape index (κ2) is 10.3. The van der Waals surface area contributed by atoms with E-state index in [4.69, 9.17) is 9.47 Å². The van der Waals surface area contributed by atoms with Crippen molar-refractivity contribution in [2.45, 2.75) is 18.9 Å². The number of nitrogens with one attached hydrogen (secondary N) is 1. The number of imidazole rings is 1. The second-order valence-electron chi connectivity index (χ2n) is 8.97. The number of halogens is 1. The fourth-order valence-corrected chi connectivity index (χ4v) is 4.56. The van der Waals surface area contributed by atoms with Gasteiger partial charge >= 0.3 is 0 Å². The SMILES string of the molecule is CN(C(=O)c1cccc2c1OCO2)C(CCNC(=O)c1nc2ccccc2n1C)Cc1ccc(F)cc1. The molecule has 0 fully saturated rings. The third-order valence-electron chi connectivity index (χ3n) is 6.63. The predicted octanol–water partition coefficient (Wildman–Crippen LogP) is 3.94. The van der Waals surface area contributed by atoms with E-state index in [1.165, 1.54) is 12.1 Å². The van der Waals surface area contributed by atoms with E-state index in [0.717, 1.165) is 16.6 Å². The summed E-state index contributed by atoms with van der Waals surface area (Å²) in [5.41, 5.74) is 2.90. The van der Waals surface area contributed by atoms with Crippen molar-refractivity contribution in [2.75, 3.05) is 20.4 Å². The second-order valence-corrected chi connectivity index (χ2v) is 8.97.